The quantitative estimate of drug-likeness (QED) is 0.155. The molecule has 1 heterocycles. The van der Waals surface area contributed by atoms with Gasteiger partial charge in [-0.2, -0.15) is 0 Å². The average Bonchev–Trinajstić information content (AvgIpc) is 4.28. The molecule has 1 unspecified atom stereocenters. The van der Waals surface area contributed by atoms with Gasteiger partial charge in [-0.05, 0) is 178 Å². The first-order valence-electron chi connectivity index (χ1n) is 26.3. The lowest BCUT2D eigenvalue weighted by molar-refractivity contribution is 0.563. The molecule has 0 aromatic heterocycles. The first-order chi connectivity index (χ1) is 36.1. The Hall–Kier alpha value is -8.52. The van der Waals surface area contributed by atoms with E-state index in [-0.39, 0.29) is 16.9 Å². The molecule has 5 aliphatic rings. The zero-order valence-corrected chi connectivity index (χ0v) is 40.7. The van der Waals surface area contributed by atoms with Gasteiger partial charge in [0.1, 0.15) is 0 Å². The van der Waals surface area contributed by atoms with Gasteiger partial charge in [0, 0.05) is 22.2 Å². The summed E-state index contributed by atoms with van der Waals surface area (Å²) in [6.07, 6.45) is 7.46. The number of anilines is 1. The predicted molar refractivity (Wildman–Crippen MR) is 303 cm³/mol. The number of fused-ring (bicyclic) bond motifs is 14. The van der Waals surface area contributed by atoms with E-state index in [0.29, 0.717) is 0 Å². The minimum absolute atomic E-state index is 0.107. The Balaban J connectivity index is 0.958. The molecule has 1 atom stereocenters. The van der Waals surface area contributed by atoms with Gasteiger partial charge in [-0.25, -0.2) is 0 Å². The van der Waals surface area contributed by atoms with E-state index in [1.165, 1.54) is 133 Å². The molecule has 2 spiro atoms. The van der Waals surface area contributed by atoms with Crippen molar-refractivity contribution in [3.8, 4) is 44.5 Å². The Labute approximate surface area is 427 Å². The van der Waals surface area contributed by atoms with E-state index < -0.39 is 0 Å². The van der Waals surface area contributed by atoms with Crippen LogP contribution < -0.4 is 4.90 Å². The fourth-order valence-corrected chi connectivity index (χ4v) is 14.9. The lowest BCUT2D eigenvalue weighted by atomic mass is 9.74. The molecule has 0 N–H and O–H groups in total. The first kappa shape index (κ1) is 41.1. The highest BCUT2D eigenvalue weighted by molar-refractivity contribution is 6.22. The highest BCUT2D eigenvalue weighted by atomic mass is 15.2. The molecule has 0 saturated carbocycles. The van der Waals surface area contributed by atoms with Gasteiger partial charge in [0.2, 0.25) is 0 Å². The fourth-order valence-electron chi connectivity index (χ4n) is 14.9. The maximum atomic E-state index is 2.63. The van der Waals surface area contributed by atoms with Crippen molar-refractivity contribution < 1.29 is 0 Å². The summed E-state index contributed by atoms with van der Waals surface area (Å²) in [5, 5.41) is 5.14. The third kappa shape index (κ3) is 5.85. The van der Waals surface area contributed by atoms with E-state index in [0.717, 1.165) is 32.1 Å². The Bertz CT molecular complexity index is 4090. The fraction of sp³-hybridized carbons (Fsp3) is 0.111. The molecule has 73 heavy (non-hydrogen) atoms. The summed E-state index contributed by atoms with van der Waals surface area (Å²) in [5.41, 5.74) is 27.2. The smallest absolute Gasteiger partial charge is 0.0626 e. The van der Waals surface area contributed by atoms with Crippen molar-refractivity contribution in [2.24, 2.45) is 0 Å². The molecule has 0 saturated heterocycles. The maximum Gasteiger partial charge on any atom is 0.0626 e. The molecule has 11 aromatic rings. The summed E-state index contributed by atoms with van der Waals surface area (Å²) in [7, 11) is 0. The van der Waals surface area contributed by atoms with E-state index in [1.54, 1.807) is 0 Å². The van der Waals surface area contributed by atoms with Crippen molar-refractivity contribution in [3.05, 3.63) is 298 Å². The summed E-state index contributed by atoms with van der Waals surface area (Å²) in [6.45, 7) is 0. The van der Waals surface area contributed by atoms with E-state index in [1.807, 2.05) is 0 Å². The maximum absolute atomic E-state index is 2.63. The van der Waals surface area contributed by atoms with Gasteiger partial charge in [0.15, 0.2) is 0 Å². The highest BCUT2D eigenvalue weighted by Crippen LogP contribution is 2.59. The van der Waals surface area contributed by atoms with Crippen molar-refractivity contribution in [1.29, 1.82) is 0 Å². The zero-order valence-electron chi connectivity index (χ0n) is 40.7. The molecule has 0 fully saturated rings. The highest BCUT2D eigenvalue weighted by Gasteiger charge is 2.48. The lowest BCUT2D eigenvalue weighted by Gasteiger charge is -2.32. The largest absolute Gasteiger partial charge is 0.333 e. The average molecular weight is 930 g/mol. The molecule has 16 rings (SSSR count). The van der Waals surface area contributed by atoms with Crippen molar-refractivity contribution in [3.63, 3.8) is 0 Å². The van der Waals surface area contributed by atoms with E-state index in [4.69, 9.17) is 0 Å². The van der Waals surface area contributed by atoms with Crippen molar-refractivity contribution >= 4 is 32.9 Å². The third-order valence-corrected chi connectivity index (χ3v) is 18.0. The number of rotatable bonds is 5. The van der Waals surface area contributed by atoms with Crippen molar-refractivity contribution in [2.45, 2.75) is 49.0 Å². The molecule has 1 aliphatic heterocycles. The number of benzene rings is 11. The van der Waals surface area contributed by atoms with Gasteiger partial charge in [-0.15, -0.1) is 0 Å². The van der Waals surface area contributed by atoms with Gasteiger partial charge in [-0.1, -0.05) is 218 Å². The molecule has 4 aliphatic carbocycles. The summed E-state index contributed by atoms with van der Waals surface area (Å²) in [6, 6.07) is 90.9. The molecular weight excluding hydrogens is 879 g/mol. The predicted octanol–water partition coefficient (Wildman–Crippen LogP) is 17.5. The van der Waals surface area contributed by atoms with Crippen LogP contribution in [0.1, 0.15) is 68.1 Å². The van der Waals surface area contributed by atoms with Crippen LogP contribution in [0.25, 0.3) is 71.7 Å². The Morgan fingerprint density at radius 2 is 0.767 bits per heavy atom. The Morgan fingerprint density at radius 1 is 0.329 bits per heavy atom. The standard InChI is InChI=1S/C72H51N/c1-3-17-46(18-4-1)67-37-38-68(47-19-5-2-6-20-47)73(67)54-33-36-61-62(41-54)70(49-32-35-58-56-26-14-16-30-64(56)72(66(58)40-49)44-52-23-9-10-24-53(52)45-72)60-28-12-11-27-59(60)69(61)48-31-34-57-55-25-13-15-29-63(55)71(65(57)39-48)42-50-21-7-8-22-51(50)43-71/h1-37,39-41,68H,38,42-45H2. The van der Waals surface area contributed by atoms with Crippen LogP contribution in [0.5, 0.6) is 0 Å². The van der Waals surface area contributed by atoms with Crippen LogP contribution in [0, 0.1) is 0 Å². The van der Waals surface area contributed by atoms with E-state index in [2.05, 4.69) is 248 Å². The second-order valence-electron chi connectivity index (χ2n) is 21.5. The minimum atomic E-state index is -0.117. The zero-order chi connectivity index (χ0) is 47.8. The Morgan fingerprint density at radius 3 is 1.32 bits per heavy atom. The molecular formula is C72H51N. The van der Waals surface area contributed by atoms with Gasteiger partial charge in [-0.3, -0.25) is 0 Å². The summed E-state index contributed by atoms with van der Waals surface area (Å²) < 4.78 is 0. The van der Waals surface area contributed by atoms with Gasteiger partial charge in [0.25, 0.3) is 0 Å². The summed E-state index contributed by atoms with van der Waals surface area (Å²) in [5.74, 6) is 0. The molecule has 1 heteroatoms. The van der Waals surface area contributed by atoms with Crippen LogP contribution in [-0.2, 0) is 36.5 Å². The summed E-state index contributed by atoms with van der Waals surface area (Å²) in [4.78, 5) is 2.63. The third-order valence-electron chi connectivity index (χ3n) is 18.0. The van der Waals surface area contributed by atoms with Gasteiger partial charge >= 0.3 is 0 Å². The molecule has 0 bridgehead atoms. The van der Waals surface area contributed by atoms with E-state index >= 15 is 0 Å². The second-order valence-corrected chi connectivity index (χ2v) is 21.5. The van der Waals surface area contributed by atoms with Crippen LogP contribution in [0.3, 0.4) is 0 Å². The van der Waals surface area contributed by atoms with Crippen molar-refractivity contribution in [1.82, 2.24) is 0 Å². The molecule has 344 valence electrons. The first-order valence-corrected chi connectivity index (χ1v) is 26.3. The SMILES string of the molecule is C1=C(c2ccccc2)N(c2ccc3c(-c4ccc5c(c4)C4(Cc6ccccc6C4)c4ccccc4-5)c4ccccc4c(-c4ccc5c(c4)C4(Cc6ccccc6C4)c4ccccc4-5)c3c2)C(c2ccccc2)C1. The minimum Gasteiger partial charge on any atom is -0.333 e. The second kappa shape index (κ2) is 15.5. The molecule has 0 radical (unpaired) electrons. The number of nitrogens with zero attached hydrogens (tertiary/aromatic N) is 1. The van der Waals surface area contributed by atoms with Crippen LogP contribution >= 0.6 is 0 Å². The number of hydrogen-bond donors (Lipinski definition) is 0. The van der Waals surface area contributed by atoms with Gasteiger partial charge in [0.05, 0.1) is 6.04 Å². The van der Waals surface area contributed by atoms with E-state index in [9.17, 15) is 0 Å². The Kier molecular flexibility index (Phi) is 8.73. The normalized spacial score (nSPS) is 16.9. The topological polar surface area (TPSA) is 3.24 Å². The van der Waals surface area contributed by atoms with Gasteiger partial charge < -0.3 is 4.90 Å². The lowest BCUT2D eigenvalue weighted by Crippen LogP contribution is -2.25. The van der Waals surface area contributed by atoms with Crippen LogP contribution in [0.2, 0.25) is 0 Å². The molecule has 11 aromatic carbocycles. The molecule has 1 nitrogen and oxygen atoms in total. The van der Waals surface area contributed by atoms with Crippen molar-refractivity contribution in [2.75, 3.05) is 4.90 Å². The van der Waals surface area contributed by atoms with Crippen LogP contribution in [0.4, 0.5) is 5.69 Å². The van der Waals surface area contributed by atoms with Crippen LogP contribution in [0.15, 0.2) is 243 Å². The van der Waals surface area contributed by atoms with Crippen LogP contribution in [-0.4, -0.2) is 0 Å². The number of hydrogen-bond acceptors (Lipinski definition) is 1. The monoisotopic (exact) mass is 929 g/mol. The molecule has 0 amide bonds. The summed E-state index contributed by atoms with van der Waals surface area (Å²) >= 11 is 0.